The summed E-state index contributed by atoms with van der Waals surface area (Å²) in [7, 11) is 0. The van der Waals surface area contributed by atoms with Crippen LogP contribution in [0.25, 0.3) is 100 Å². The molecule has 8 aromatic carbocycles. The Morgan fingerprint density at radius 1 is 0.357 bits per heavy atom. The van der Waals surface area contributed by atoms with E-state index in [9.17, 15) is 5.48 Å². The van der Waals surface area contributed by atoms with Gasteiger partial charge in [-0.15, -0.1) is 0 Å². The van der Waals surface area contributed by atoms with Crippen molar-refractivity contribution in [1.29, 1.82) is 0 Å². The number of fused-ring (bicyclic) bond motifs is 7. The number of aromatic nitrogens is 5. The Morgan fingerprint density at radius 3 is 1.55 bits per heavy atom. The average Bonchev–Trinajstić information content (AvgIpc) is 3.87. The van der Waals surface area contributed by atoms with E-state index in [2.05, 4.69) is 0 Å². The van der Waals surface area contributed by atoms with Crippen LogP contribution in [0.4, 0.5) is 0 Å². The summed E-state index contributed by atoms with van der Waals surface area (Å²) in [6.07, 6.45) is 0. The molecule has 3 aromatic heterocycles. The summed E-state index contributed by atoms with van der Waals surface area (Å²) < 4.78 is 101. The van der Waals surface area contributed by atoms with Crippen molar-refractivity contribution in [3.05, 3.63) is 200 Å². The van der Waals surface area contributed by atoms with Gasteiger partial charge in [0.1, 0.15) is 0 Å². The van der Waals surface area contributed by atoms with E-state index in [4.69, 9.17) is 24.5 Å². The molecular weight excluding hydrogens is 683 g/mol. The van der Waals surface area contributed by atoms with Gasteiger partial charge in [0.25, 0.3) is 0 Å². The molecule has 11 rings (SSSR count). The molecule has 5 nitrogen and oxygen atoms in total. The molecule has 0 aliphatic heterocycles. The maximum Gasteiger partial charge on any atom is 0.238 e. The molecule has 0 spiro atoms. The molecule has 11 aromatic rings. The fourth-order valence-electron chi connectivity index (χ4n) is 7.45. The molecule has 262 valence electrons. The lowest BCUT2D eigenvalue weighted by molar-refractivity contribution is 0.953. The Balaban J connectivity index is 1.27. The number of nitrogens with zero attached hydrogens (tertiary/aromatic N) is 5. The van der Waals surface area contributed by atoms with Crippen molar-refractivity contribution < 1.29 is 15.1 Å². The summed E-state index contributed by atoms with van der Waals surface area (Å²) >= 11 is 0. The highest BCUT2D eigenvalue weighted by Gasteiger charge is 2.23. The van der Waals surface area contributed by atoms with Crippen LogP contribution in [0.3, 0.4) is 0 Å². The van der Waals surface area contributed by atoms with Gasteiger partial charge >= 0.3 is 0 Å². The maximum absolute atomic E-state index is 9.68. The first kappa shape index (κ1) is 22.6. The molecule has 0 unspecified atom stereocenters. The predicted molar refractivity (Wildman–Crippen MR) is 230 cm³/mol. The molecule has 0 N–H and O–H groups in total. The SMILES string of the molecule is [2H]c1cc([2H])c2c(c1)c1c([2H])c([2H])c3c4cc([2H])cc([2H])c4n(-c4nc(-c5ccccc5)nc(-c5ccc(-c6c([2H])c([2H])c([2H])c([2H])c6[2H])cc5)n4)c3c1n2-c1cccc(-c2ccccc2)c1. The highest BCUT2D eigenvalue weighted by molar-refractivity contribution is 6.23. The Hall–Kier alpha value is -7.63. The molecule has 3 heterocycles. The second-order valence-electron chi connectivity index (χ2n) is 13.2. The lowest BCUT2D eigenvalue weighted by atomic mass is 10.0. The van der Waals surface area contributed by atoms with Crippen molar-refractivity contribution in [3.63, 3.8) is 0 Å². The van der Waals surface area contributed by atoms with Crippen LogP contribution < -0.4 is 0 Å². The number of para-hydroxylation sites is 2. The minimum atomic E-state index is -0.488. The van der Waals surface area contributed by atoms with Gasteiger partial charge in [0.2, 0.25) is 5.95 Å². The van der Waals surface area contributed by atoms with Crippen LogP contribution in [0.2, 0.25) is 0 Å². The van der Waals surface area contributed by atoms with Gasteiger partial charge < -0.3 is 4.57 Å². The van der Waals surface area contributed by atoms with E-state index in [0.717, 1.165) is 11.1 Å². The van der Waals surface area contributed by atoms with E-state index in [1.54, 1.807) is 41.0 Å². The number of rotatable bonds is 6. The summed E-state index contributed by atoms with van der Waals surface area (Å²) in [5.41, 5.74) is 5.44. The van der Waals surface area contributed by atoms with Gasteiger partial charge in [-0.3, -0.25) is 4.57 Å². The summed E-state index contributed by atoms with van der Waals surface area (Å²) in [6.45, 7) is 0. The average molecular weight is 727 g/mol. The quantitative estimate of drug-likeness (QED) is 0.171. The minimum absolute atomic E-state index is 0.0199. The zero-order chi connectivity index (χ0) is 46.6. The van der Waals surface area contributed by atoms with Crippen molar-refractivity contribution in [1.82, 2.24) is 24.1 Å². The van der Waals surface area contributed by atoms with Gasteiger partial charge in [-0.2, -0.15) is 9.97 Å². The zero-order valence-electron chi connectivity index (χ0n) is 40.4. The molecular formula is C51H33N5. The molecule has 0 aliphatic carbocycles. The van der Waals surface area contributed by atoms with Crippen molar-refractivity contribution >= 4 is 43.6 Å². The maximum atomic E-state index is 9.68. The molecule has 0 fully saturated rings. The first-order chi connectivity index (χ1) is 32.3. The third kappa shape index (κ3) is 5.21. The van der Waals surface area contributed by atoms with Gasteiger partial charge in [-0.1, -0.05) is 176 Å². The van der Waals surface area contributed by atoms with Gasteiger partial charge in [0.15, 0.2) is 11.6 Å². The number of hydrogen-bond acceptors (Lipinski definition) is 3. The highest BCUT2D eigenvalue weighted by Crippen LogP contribution is 2.42. The standard InChI is InChI=1S/C51H33N5/c1-4-15-34(16-5-1)36-27-29-38(30-28-36)50-52-49(37-19-8-3-9-20-37)53-51(54-50)56-46-26-13-11-24-42(46)44-32-31-43-41-23-10-12-25-45(41)55(47(43)48(44)56)40-22-14-21-39(33-40)35-17-6-2-7-18-35/h1-33H/i1D,4D,5D,10D,11D,15D,16D,25D,26D,31D,32D. The molecule has 5 heteroatoms. The highest BCUT2D eigenvalue weighted by atomic mass is 15.2. The molecule has 0 amide bonds. The summed E-state index contributed by atoms with van der Waals surface area (Å²) in [5.74, 6) is 0.500. The van der Waals surface area contributed by atoms with E-state index >= 15 is 0 Å². The van der Waals surface area contributed by atoms with E-state index in [1.807, 2.05) is 89.5 Å². The fraction of sp³-hybridized carbons (Fsp3) is 0. The first-order valence-corrected chi connectivity index (χ1v) is 18.0. The van der Waals surface area contributed by atoms with E-state index < -0.39 is 18.1 Å². The van der Waals surface area contributed by atoms with Crippen LogP contribution in [0.15, 0.2) is 200 Å². The zero-order valence-corrected chi connectivity index (χ0v) is 29.4. The largest absolute Gasteiger partial charge is 0.307 e. The van der Waals surface area contributed by atoms with Crippen LogP contribution in [0, 0.1) is 0 Å². The smallest absolute Gasteiger partial charge is 0.238 e. The summed E-state index contributed by atoms with van der Waals surface area (Å²) in [5, 5.41) is 1.34. The molecule has 0 bridgehead atoms. The normalized spacial score (nSPS) is 14.3. The van der Waals surface area contributed by atoms with Crippen LogP contribution >= 0.6 is 0 Å². The second-order valence-corrected chi connectivity index (χ2v) is 13.2. The van der Waals surface area contributed by atoms with Crippen molar-refractivity contribution in [3.8, 4) is 56.7 Å². The summed E-state index contributed by atoms with van der Waals surface area (Å²) in [6, 6.07) is 37.2. The Kier molecular flexibility index (Phi) is 5.25. The Morgan fingerprint density at radius 2 is 0.893 bits per heavy atom. The molecule has 0 saturated heterocycles. The third-order valence-electron chi connectivity index (χ3n) is 9.99. The van der Waals surface area contributed by atoms with Crippen molar-refractivity contribution in [2.45, 2.75) is 0 Å². The predicted octanol–water partition coefficient (Wildman–Crippen LogP) is 12.7. The van der Waals surface area contributed by atoms with Crippen LogP contribution in [0.1, 0.15) is 15.1 Å². The van der Waals surface area contributed by atoms with Gasteiger partial charge in [0.05, 0.1) is 37.1 Å². The van der Waals surface area contributed by atoms with Crippen LogP contribution in [-0.4, -0.2) is 24.1 Å². The monoisotopic (exact) mass is 726 g/mol. The topological polar surface area (TPSA) is 48.5 Å². The lowest BCUT2D eigenvalue weighted by Crippen LogP contribution is -2.07. The second kappa shape index (κ2) is 13.0. The first-order valence-electron chi connectivity index (χ1n) is 23.5. The molecule has 0 atom stereocenters. The Labute approximate surface area is 338 Å². The van der Waals surface area contributed by atoms with Gasteiger partial charge in [0, 0.05) is 38.4 Å². The lowest BCUT2D eigenvalue weighted by Gasteiger charge is -2.14. The van der Waals surface area contributed by atoms with E-state index in [-0.39, 0.29) is 82.4 Å². The molecule has 0 aliphatic rings. The number of benzene rings is 8. The van der Waals surface area contributed by atoms with Crippen molar-refractivity contribution in [2.24, 2.45) is 0 Å². The summed E-state index contributed by atoms with van der Waals surface area (Å²) in [4.78, 5) is 15.1. The fourth-order valence-corrected chi connectivity index (χ4v) is 7.45. The molecule has 0 saturated carbocycles. The Bertz CT molecular complexity index is 3840. The van der Waals surface area contributed by atoms with Crippen LogP contribution in [-0.2, 0) is 0 Å². The van der Waals surface area contributed by atoms with Crippen molar-refractivity contribution in [2.75, 3.05) is 0 Å². The number of hydrogen-bond donors (Lipinski definition) is 0. The van der Waals surface area contributed by atoms with Gasteiger partial charge in [-0.25, -0.2) is 4.98 Å². The third-order valence-corrected chi connectivity index (χ3v) is 9.99. The molecule has 56 heavy (non-hydrogen) atoms. The van der Waals surface area contributed by atoms with Crippen LogP contribution in [0.5, 0.6) is 0 Å². The van der Waals surface area contributed by atoms with Gasteiger partial charge in [-0.05, 0) is 46.5 Å². The molecule has 0 radical (unpaired) electrons. The van der Waals surface area contributed by atoms with E-state index in [0.29, 0.717) is 55.1 Å². The van der Waals surface area contributed by atoms with E-state index in [1.165, 1.54) is 12.1 Å². The minimum Gasteiger partial charge on any atom is -0.307 e.